The summed E-state index contributed by atoms with van der Waals surface area (Å²) in [6.07, 6.45) is 67.2. The van der Waals surface area contributed by atoms with Crippen molar-refractivity contribution >= 4 is 39.5 Å². The molecule has 0 aromatic carbocycles. The molecule has 0 aromatic heterocycles. The van der Waals surface area contributed by atoms with Gasteiger partial charge >= 0.3 is 39.5 Å². The molecule has 19 heteroatoms. The Morgan fingerprint density at radius 1 is 0.262 bits per heavy atom. The molecule has 0 radical (unpaired) electrons. The third-order valence-corrected chi connectivity index (χ3v) is 21.6. The van der Waals surface area contributed by atoms with E-state index in [0.29, 0.717) is 25.7 Å². The maximum atomic E-state index is 13.1. The Morgan fingerprint density at radius 2 is 0.447 bits per heavy atom. The molecule has 5 atom stereocenters. The third kappa shape index (κ3) is 78.0. The summed E-state index contributed by atoms with van der Waals surface area (Å²) >= 11 is 0. The first-order valence-corrected chi connectivity index (χ1v) is 46.5. The van der Waals surface area contributed by atoms with E-state index in [-0.39, 0.29) is 25.7 Å². The Hall–Kier alpha value is -1.94. The highest BCUT2D eigenvalue weighted by Gasteiger charge is 2.30. The molecule has 103 heavy (non-hydrogen) atoms. The summed E-state index contributed by atoms with van der Waals surface area (Å²) in [6, 6.07) is 0. The maximum absolute atomic E-state index is 13.1. The number of ether oxygens (including phenoxy) is 4. The molecule has 0 fully saturated rings. The summed E-state index contributed by atoms with van der Waals surface area (Å²) in [5.74, 6) is -0.473. The van der Waals surface area contributed by atoms with E-state index in [4.69, 9.17) is 37.0 Å². The van der Waals surface area contributed by atoms with Gasteiger partial charge in [0.15, 0.2) is 12.2 Å². The fraction of sp³-hybridized carbons (Fsp3) is 0.952. The van der Waals surface area contributed by atoms with Crippen molar-refractivity contribution in [3.63, 3.8) is 0 Å². The summed E-state index contributed by atoms with van der Waals surface area (Å²) in [5.41, 5.74) is 0. The predicted molar refractivity (Wildman–Crippen MR) is 423 cm³/mol. The normalized spacial score (nSPS) is 13.9. The van der Waals surface area contributed by atoms with Crippen LogP contribution in [0.2, 0.25) is 0 Å². The first kappa shape index (κ1) is 101. The van der Waals surface area contributed by atoms with Crippen molar-refractivity contribution in [2.45, 2.75) is 464 Å². The number of hydrogen-bond donors (Lipinski definition) is 3. The first-order chi connectivity index (χ1) is 49.9. The minimum Gasteiger partial charge on any atom is -0.462 e. The molecular weight excluding hydrogens is 1340 g/mol. The fourth-order valence-electron chi connectivity index (χ4n) is 13.1. The highest BCUT2D eigenvalue weighted by Crippen LogP contribution is 2.45. The van der Waals surface area contributed by atoms with E-state index >= 15 is 0 Å². The quantitative estimate of drug-likeness (QED) is 0.0222. The maximum Gasteiger partial charge on any atom is 0.472 e. The second-order valence-corrected chi connectivity index (χ2v) is 34.1. The SMILES string of the molecule is CCCCCCCCCCCCCCCCCCC(=O)O[C@H](COC(=O)CCCCCCC)COP(=O)(O)OC[C@H](O)COP(=O)(O)OC[C@@H](COC(=O)CCCCCCCCCCCCCCCCCCCCC(C)C)OC(=O)CCCCCCCCCCCCCCCCCCCCC(C)C. The molecule has 2 unspecified atom stereocenters. The van der Waals surface area contributed by atoms with E-state index < -0.39 is 97.5 Å². The summed E-state index contributed by atoms with van der Waals surface area (Å²) in [7, 11) is -9.91. The molecule has 17 nitrogen and oxygen atoms in total. The zero-order valence-electron chi connectivity index (χ0n) is 67.6. The number of hydrogen-bond acceptors (Lipinski definition) is 15. The van der Waals surface area contributed by atoms with E-state index in [1.54, 1.807) is 0 Å². The Labute approximate surface area is 632 Å². The average Bonchev–Trinajstić information content (AvgIpc) is 0.926. The Morgan fingerprint density at radius 3 is 0.660 bits per heavy atom. The fourth-order valence-corrected chi connectivity index (χ4v) is 14.6. The van der Waals surface area contributed by atoms with Crippen LogP contribution in [-0.4, -0.2) is 96.7 Å². The predicted octanol–water partition coefficient (Wildman–Crippen LogP) is 25.5. The van der Waals surface area contributed by atoms with Crippen molar-refractivity contribution in [1.29, 1.82) is 0 Å². The third-order valence-electron chi connectivity index (χ3n) is 19.7. The lowest BCUT2D eigenvalue weighted by atomic mass is 10.0. The lowest BCUT2D eigenvalue weighted by Gasteiger charge is -2.21. The minimum atomic E-state index is -4.96. The molecule has 0 saturated heterocycles. The zero-order chi connectivity index (χ0) is 75.6. The van der Waals surface area contributed by atoms with Gasteiger partial charge in [0.1, 0.15) is 19.3 Å². The van der Waals surface area contributed by atoms with E-state index in [2.05, 4.69) is 41.5 Å². The summed E-state index contributed by atoms with van der Waals surface area (Å²) in [5, 5.41) is 10.6. The highest BCUT2D eigenvalue weighted by molar-refractivity contribution is 7.47. The topological polar surface area (TPSA) is 237 Å². The van der Waals surface area contributed by atoms with Gasteiger partial charge in [-0.3, -0.25) is 37.3 Å². The summed E-state index contributed by atoms with van der Waals surface area (Å²) < 4.78 is 68.6. The van der Waals surface area contributed by atoms with Gasteiger partial charge in [-0.1, -0.05) is 395 Å². The van der Waals surface area contributed by atoms with Crippen LogP contribution >= 0.6 is 15.6 Å². The monoisotopic (exact) mass is 1510 g/mol. The van der Waals surface area contributed by atoms with Crippen LogP contribution in [0, 0.1) is 11.8 Å². The van der Waals surface area contributed by atoms with Crippen LogP contribution in [0.4, 0.5) is 0 Å². The van der Waals surface area contributed by atoms with Crippen LogP contribution in [-0.2, 0) is 65.4 Å². The van der Waals surface area contributed by atoms with Gasteiger partial charge in [0, 0.05) is 25.7 Å². The molecule has 0 aliphatic rings. The molecule has 0 aromatic rings. The smallest absolute Gasteiger partial charge is 0.462 e. The van der Waals surface area contributed by atoms with E-state index in [1.165, 1.54) is 257 Å². The van der Waals surface area contributed by atoms with E-state index in [1.807, 2.05) is 0 Å². The summed E-state index contributed by atoms with van der Waals surface area (Å²) in [6.45, 7) is 9.64. The molecule has 0 heterocycles. The minimum absolute atomic E-state index is 0.108. The van der Waals surface area contributed by atoms with Gasteiger partial charge in [-0.25, -0.2) is 9.13 Å². The molecule has 3 N–H and O–H groups in total. The van der Waals surface area contributed by atoms with Crippen LogP contribution in [0.25, 0.3) is 0 Å². The van der Waals surface area contributed by atoms with Crippen LogP contribution in [0.1, 0.15) is 446 Å². The van der Waals surface area contributed by atoms with Gasteiger partial charge < -0.3 is 33.8 Å². The lowest BCUT2D eigenvalue weighted by Crippen LogP contribution is -2.30. The zero-order valence-corrected chi connectivity index (χ0v) is 69.4. The van der Waals surface area contributed by atoms with Crippen molar-refractivity contribution in [2.75, 3.05) is 39.6 Å². The largest absolute Gasteiger partial charge is 0.472 e. The molecule has 0 aliphatic carbocycles. The summed E-state index contributed by atoms with van der Waals surface area (Å²) in [4.78, 5) is 72.8. The molecular formula is C84H164O17P2. The van der Waals surface area contributed by atoms with E-state index in [0.717, 1.165) is 108 Å². The Kier molecular flexibility index (Phi) is 74.1. The Balaban J connectivity index is 5.10. The first-order valence-electron chi connectivity index (χ1n) is 43.5. The van der Waals surface area contributed by atoms with Gasteiger partial charge in [-0.05, 0) is 37.5 Å². The van der Waals surface area contributed by atoms with Crippen molar-refractivity contribution in [1.82, 2.24) is 0 Å². The number of phosphoric acid groups is 2. The van der Waals surface area contributed by atoms with Crippen molar-refractivity contribution in [3.05, 3.63) is 0 Å². The van der Waals surface area contributed by atoms with Gasteiger partial charge in [0.25, 0.3) is 0 Å². The van der Waals surface area contributed by atoms with Crippen LogP contribution in [0.15, 0.2) is 0 Å². The second kappa shape index (κ2) is 75.5. The number of phosphoric ester groups is 2. The molecule has 0 rings (SSSR count). The number of aliphatic hydroxyl groups excluding tert-OH is 1. The van der Waals surface area contributed by atoms with E-state index in [9.17, 15) is 43.2 Å². The molecule has 0 saturated carbocycles. The van der Waals surface area contributed by atoms with Crippen molar-refractivity contribution in [2.24, 2.45) is 11.8 Å². The number of esters is 4. The molecule has 612 valence electrons. The Bertz CT molecular complexity index is 1980. The second-order valence-electron chi connectivity index (χ2n) is 31.2. The molecule has 0 amide bonds. The van der Waals surface area contributed by atoms with Gasteiger partial charge in [0.05, 0.1) is 26.4 Å². The van der Waals surface area contributed by atoms with Crippen LogP contribution in [0.3, 0.4) is 0 Å². The number of rotatable bonds is 83. The highest BCUT2D eigenvalue weighted by atomic mass is 31.2. The standard InChI is InChI=1S/C84H164O17P2/c1-7-9-11-13-14-15-16-17-18-29-35-40-45-50-56-62-68-83(88)100-79(72-94-81(86)66-60-52-12-10-8-2)74-98-102(90,91)96-70-78(85)71-97-103(92,93)99-75-80(101-84(89)69-63-57-51-46-41-36-31-26-22-20-24-28-33-38-43-48-54-59-65-77(5)6)73-95-82(87)67-61-55-49-44-39-34-30-25-21-19-23-27-32-37-42-47-53-58-64-76(3)4/h76-80,85H,7-75H2,1-6H3,(H,90,91)(H,92,93)/t78-,79+,80+/m0/s1. The van der Waals surface area contributed by atoms with Gasteiger partial charge in [-0.2, -0.15) is 0 Å². The van der Waals surface area contributed by atoms with Gasteiger partial charge in [0.2, 0.25) is 0 Å². The molecule has 0 bridgehead atoms. The number of unbranched alkanes of at least 4 members (excludes halogenated alkanes) is 53. The number of aliphatic hydroxyl groups is 1. The number of carbonyl (C=O) groups is 4. The van der Waals surface area contributed by atoms with Crippen LogP contribution < -0.4 is 0 Å². The average molecular weight is 1510 g/mol. The molecule has 0 spiro atoms. The lowest BCUT2D eigenvalue weighted by molar-refractivity contribution is -0.161. The van der Waals surface area contributed by atoms with Crippen molar-refractivity contribution < 1.29 is 80.2 Å². The molecule has 0 aliphatic heterocycles. The number of carbonyl (C=O) groups excluding carboxylic acids is 4. The van der Waals surface area contributed by atoms with Crippen molar-refractivity contribution in [3.8, 4) is 0 Å². The van der Waals surface area contributed by atoms with Crippen LogP contribution in [0.5, 0.6) is 0 Å². The van der Waals surface area contributed by atoms with Gasteiger partial charge in [-0.15, -0.1) is 0 Å².